The molecular weight excluding hydrogens is 218 g/mol. The molecule has 2 rings (SSSR count). The third-order valence-electron chi connectivity index (χ3n) is 2.99. The van der Waals surface area contributed by atoms with E-state index in [1.165, 1.54) is 0 Å². The van der Waals surface area contributed by atoms with Gasteiger partial charge in [0.15, 0.2) is 0 Å². The van der Waals surface area contributed by atoms with Crippen molar-refractivity contribution in [1.82, 2.24) is 0 Å². The molecule has 1 fully saturated rings. The molecule has 1 aromatic rings. The van der Waals surface area contributed by atoms with Gasteiger partial charge in [0, 0.05) is 12.3 Å². The number of nitrogen functional groups attached to an aromatic ring is 1. The van der Waals surface area contributed by atoms with Gasteiger partial charge < -0.3 is 15.2 Å². The standard InChI is InChI=1S/C13H17NO3/c1-9-11(5-2-6-12(9)14)13(15)17-10-4-3-7-16-8-10/h2,5-6,10H,3-4,7-8,14H2,1H3. The maximum atomic E-state index is 12.0. The highest BCUT2D eigenvalue weighted by Crippen LogP contribution is 2.18. The van der Waals surface area contributed by atoms with Crippen molar-refractivity contribution in [1.29, 1.82) is 0 Å². The molecule has 92 valence electrons. The van der Waals surface area contributed by atoms with Gasteiger partial charge in [-0.3, -0.25) is 0 Å². The fourth-order valence-electron chi connectivity index (χ4n) is 1.89. The van der Waals surface area contributed by atoms with Crippen molar-refractivity contribution in [2.75, 3.05) is 18.9 Å². The SMILES string of the molecule is Cc1c(N)cccc1C(=O)OC1CCCOC1. The minimum Gasteiger partial charge on any atom is -0.456 e. The van der Waals surface area contributed by atoms with E-state index in [9.17, 15) is 4.79 Å². The zero-order chi connectivity index (χ0) is 12.3. The first-order valence-corrected chi connectivity index (χ1v) is 5.82. The van der Waals surface area contributed by atoms with E-state index in [-0.39, 0.29) is 12.1 Å². The maximum Gasteiger partial charge on any atom is 0.338 e. The van der Waals surface area contributed by atoms with Crippen LogP contribution in [0.3, 0.4) is 0 Å². The van der Waals surface area contributed by atoms with E-state index in [2.05, 4.69) is 0 Å². The van der Waals surface area contributed by atoms with Crippen LogP contribution >= 0.6 is 0 Å². The Bertz CT molecular complexity index is 411. The van der Waals surface area contributed by atoms with E-state index in [0.29, 0.717) is 17.9 Å². The average molecular weight is 235 g/mol. The average Bonchev–Trinajstić information content (AvgIpc) is 2.34. The molecular formula is C13H17NO3. The monoisotopic (exact) mass is 235 g/mol. The number of hydrogen-bond acceptors (Lipinski definition) is 4. The third kappa shape index (κ3) is 2.77. The summed E-state index contributed by atoms with van der Waals surface area (Å²) in [6, 6.07) is 5.27. The van der Waals surface area contributed by atoms with Gasteiger partial charge in [0.25, 0.3) is 0 Å². The van der Waals surface area contributed by atoms with E-state index in [0.717, 1.165) is 25.0 Å². The highest BCUT2D eigenvalue weighted by molar-refractivity contribution is 5.92. The Morgan fingerprint density at radius 1 is 1.53 bits per heavy atom. The van der Waals surface area contributed by atoms with Crippen LogP contribution < -0.4 is 5.73 Å². The molecule has 1 aromatic carbocycles. The van der Waals surface area contributed by atoms with Crippen LogP contribution in [0.1, 0.15) is 28.8 Å². The van der Waals surface area contributed by atoms with Gasteiger partial charge in [-0.15, -0.1) is 0 Å². The Morgan fingerprint density at radius 3 is 3.06 bits per heavy atom. The number of anilines is 1. The first kappa shape index (κ1) is 11.9. The van der Waals surface area contributed by atoms with Crippen LogP contribution in [0.15, 0.2) is 18.2 Å². The lowest BCUT2D eigenvalue weighted by molar-refractivity contribution is -0.0306. The second-order valence-electron chi connectivity index (χ2n) is 4.26. The fraction of sp³-hybridized carbons (Fsp3) is 0.462. The van der Waals surface area contributed by atoms with E-state index < -0.39 is 0 Å². The topological polar surface area (TPSA) is 61.6 Å². The maximum absolute atomic E-state index is 12.0. The van der Waals surface area contributed by atoms with E-state index in [1.807, 2.05) is 6.92 Å². The molecule has 2 N–H and O–H groups in total. The minimum atomic E-state index is -0.315. The molecule has 1 aliphatic rings. The molecule has 0 aromatic heterocycles. The summed E-state index contributed by atoms with van der Waals surface area (Å²) in [5, 5.41) is 0. The van der Waals surface area contributed by atoms with Crippen molar-refractivity contribution in [3.05, 3.63) is 29.3 Å². The zero-order valence-electron chi connectivity index (χ0n) is 9.94. The number of nitrogens with two attached hydrogens (primary N) is 1. The van der Waals surface area contributed by atoms with Crippen LogP contribution in [0.5, 0.6) is 0 Å². The molecule has 0 aliphatic carbocycles. The zero-order valence-corrected chi connectivity index (χ0v) is 9.94. The number of rotatable bonds is 2. The lowest BCUT2D eigenvalue weighted by Gasteiger charge is -2.22. The molecule has 0 saturated carbocycles. The largest absolute Gasteiger partial charge is 0.456 e. The van der Waals surface area contributed by atoms with Crippen molar-refractivity contribution >= 4 is 11.7 Å². The van der Waals surface area contributed by atoms with Crippen molar-refractivity contribution in [2.24, 2.45) is 0 Å². The molecule has 4 heteroatoms. The normalized spacial score (nSPS) is 19.9. The van der Waals surface area contributed by atoms with Gasteiger partial charge in [0.1, 0.15) is 6.10 Å². The number of carbonyl (C=O) groups is 1. The lowest BCUT2D eigenvalue weighted by atomic mass is 10.1. The molecule has 1 atom stereocenters. The molecule has 0 amide bonds. The number of benzene rings is 1. The Balaban J connectivity index is 2.06. The third-order valence-corrected chi connectivity index (χ3v) is 2.99. The summed E-state index contributed by atoms with van der Waals surface area (Å²) in [7, 11) is 0. The number of ether oxygens (including phenoxy) is 2. The molecule has 1 aliphatic heterocycles. The van der Waals surface area contributed by atoms with Crippen molar-refractivity contribution < 1.29 is 14.3 Å². The lowest BCUT2D eigenvalue weighted by Crippen LogP contribution is -2.28. The minimum absolute atomic E-state index is 0.128. The summed E-state index contributed by atoms with van der Waals surface area (Å²) >= 11 is 0. The quantitative estimate of drug-likeness (QED) is 0.628. The Hall–Kier alpha value is -1.55. The molecule has 17 heavy (non-hydrogen) atoms. The summed E-state index contributed by atoms with van der Waals surface area (Å²) in [6.45, 7) is 3.07. The van der Waals surface area contributed by atoms with Crippen LogP contribution in [0, 0.1) is 6.92 Å². The summed E-state index contributed by atoms with van der Waals surface area (Å²) < 4.78 is 10.7. The van der Waals surface area contributed by atoms with Crippen LogP contribution in [0.4, 0.5) is 5.69 Å². The van der Waals surface area contributed by atoms with Crippen LogP contribution in [-0.4, -0.2) is 25.3 Å². The predicted molar refractivity (Wildman–Crippen MR) is 64.8 cm³/mol. The fourth-order valence-corrected chi connectivity index (χ4v) is 1.89. The highest BCUT2D eigenvalue weighted by Gasteiger charge is 2.20. The van der Waals surface area contributed by atoms with Gasteiger partial charge in [0.2, 0.25) is 0 Å². The molecule has 1 heterocycles. The Morgan fingerprint density at radius 2 is 2.35 bits per heavy atom. The molecule has 0 bridgehead atoms. The van der Waals surface area contributed by atoms with Crippen molar-refractivity contribution in [2.45, 2.75) is 25.9 Å². The Labute approximate surface area is 101 Å². The van der Waals surface area contributed by atoms with Crippen LogP contribution in [0.25, 0.3) is 0 Å². The molecule has 1 unspecified atom stereocenters. The van der Waals surface area contributed by atoms with E-state index in [1.54, 1.807) is 18.2 Å². The first-order valence-electron chi connectivity index (χ1n) is 5.82. The summed E-state index contributed by atoms with van der Waals surface area (Å²) in [5.41, 5.74) is 7.68. The van der Waals surface area contributed by atoms with Gasteiger partial charge in [-0.05, 0) is 37.5 Å². The van der Waals surface area contributed by atoms with Crippen LogP contribution in [0.2, 0.25) is 0 Å². The number of carbonyl (C=O) groups excluding carboxylic acids is 1. The van der Waals surface area contributed by atoms with E-state index in [4.69, 9.17) is 15.2 Å². The van der Waals surface area contributed by atoms with Crippen LogP contribution in [-0.2, 0) is 9.47 Å². The van der Waals surface area contributed by atoms with Crippen molar-refractivity contribution in [3.8, 4) is 0 Å². The van der Waals surface area contributed by atoms with Gasteiger partial charge in [0.05, 0.1) is 12.2 Å². The number of esters is 1. The van der Waals surface area contributed by atoms with Gasteiger partial charge in [-0.1, -0.05) is 6.07 Å². The molecule has 0 spiro atoms. The van der Waals surface area contributed by atoms with Gasteiger partial charge in [-0.25, -0.2) is 4.79 Å². The summed E-state index contributed by atoms with van der Waals surface area (Å²) in [6.07, 6.45) is 1.68. The smallest absolute Gasteiger partial charge is 0.338 e. The molecule has 0 radical (unpaired) electrons. The van der Waals surface area contributed by atoms with Crippen molar-refractivity contribution in [3.63, 3.8) is 0 Å². The summed E-state index contributed by atoms with van der Waals surface area (Å²) in [4.78, 5) is 12.0. The second kappa shape index (κ2) is 5.19. The molecule has 1 saturated heterocycles. The van der Waals surface area contributed by atoms with Gasteiger partial charge >= 0.3 is 5.97 Å². The first-order chi connectivity index (χ1) is 8.18. The molecule has 4 nitrogen and oxygen atoms in total. The van der Waals surface area contributed by atoms with Gasteiger partial charge in [-0.2, -0.15) is 0 Å². The summed E-state index contributed by atoms with van der Waals surface area (Å²) in [5.74, 6) is -0.315. The predicted octanol–water partition coefficient (Wildman–Crippen LogP) is 1.91. The van der Waals surface area contributed by atoms with E-state index >= 15 is 0 Å². The Kier molecular flexibility index (Phi) is 3.64. The highest BCUT2D eigenvalue weighted by atomic mass is 16.6. The number of hydrogen-bond donors (Lipinski definition) is 1. The second-order valence-corrected chi connectivity index (χ2v) is 4.26.